The summed E-state index contributed by atoms with van der Waals surface area (Å²) in [4.78, 5) is 5.10. The van der Waals surface area contributed by atoms with Crippen LogP contribution in [0.5, 0.6) is 0 Å². The van der Waals surface area contributed by atoms with Gasteiger partial charge in [-0.05, 0) is 53.6 Å². The first-order chi connectivity index (χ1) is 25.3. The van der Waals surface area contributed by atoms with Gasteiger partial charge in [-0.15, -0.1) is 11.3 Å². The van der Waals surface area contributed by atoms with E-state index >= 15 is 0 Å². The number of para-hydroxylation sites is 2. The number of thiophene rings is 1. The summed E-state index contributed by atoms with van der Waals surface area (Å²) in [6.07, 6.45) is 0. The number of pyridine rings is 1. The fourth-order valence-corrected chi connectivity index (χ4v) is 9.15. The standard InChI is InChI=1S/C47H28N2OS/c1-3-13-30(14-4-1)37-27-32(28-38(48-37)31-15-5-2-6-16-31)29-23-25-33(26-24-29)49-39-20-10-7-17-34(39)44-45(49)47-43(36-19-9-12-22-41(36)51-47)42-35-18-8-11-21-40(35)50-46(42)44/h1-28H. The summed E-state index contributed by atoms with van der Waals surface area (Å²) >= 11 is 1.87. The minimum absolute atomic E-state index is 0.917. The second-order valence-corrected chi connectivity index (χ2v) is 14.1. The molecule has 0 saturated carbocycles. The third-order valence-corrected chi connectivity index (χ3v) is 11.4. The molecule has 11 aromatic rings. The molecule has 0 spiro atoms. The third kappa shape index (κ3) is 4.27. The first kappa shape index (κ1) is 28.4. The molecule has 0 amide bonds. The molecule has 0 radical (unpaired) electrons. The lowest BCUT2D eigenvalue weighted by molar-refractivity contribution is 0.673. The number of hydrogen-bond acceptors (Lipinski definition) is 3. The number of benzene rings is 7. The fourth-order valence-electron chi connectivity index (χ4n) is 7.90. The molecule has 4 heteroatoms. The van der Waals surface area contributed by atoms with Crippen LogP contribution in [0.4, 0.5) is 0 Å². The van der Waals surface area contributed by atoms with Crippen molar-refractivity contribution in [3.8, 4) is 39.3 Å². The van der Waals surface area contributed by atoms with Crippen molar-refractivity contribution in [1.82, 2.24) is 9.55 Å². The van der Waals surface area contributed by atoms with Crippen molar-refractivity contribution >= 4 is 75.3 Å². The number of hydrogen-bond donors (Lipinski definition) is 0. The van der Waals surface area contributed by atoms with Gasteiger partial charge in [0.25, 0.3) is 0 Å². The zero-order valence-corrected chi connectivity index (χ0v) is 28.2. The van der Waals surface area contributed by atoms with Crippen LogP contribution in [0.3, 0.4) is 0 Å². The Balaban J connectivity index is 1.17. The number of nitrogens with zero attached hydrogens (tertiary/aromatic N) is 2. The van der Waals surface area contributed by atoms with Crippen molar-refractivity contribution in [2.45, 2.75) is 0 Å². The minimum Gasteiger partial charge on any atom is -0.455 e. The molecular formula is C47H28N2OS. The molecule has 3 nitrogen and oxygen atoms in total. The first-order valence-corrected chi connectivity index (χ1v) is 18.0. The molecule has 51 heavy (non-hydrogen) atoms. The molecule has 0 atom stereocenters. The zero-order valence-electron chi connectivity index (χ0n) is 27.4. The molecule has 0 aliphatic carbocycles. The average molecular weight is 669 g/mol. The SMILES string of the molecule is c1ccc(-c2cc(-c3ccc(-n4c5ccccc5c5c6oc7ccccc7c6c6c7ccccc7sc6c54)cc3)cc(-c3ccccc3)n2)cc1. The highest BCUT2D eigenvalue weighted by Crippen LogP contribution is 2.50. The van der Waals surface area contributed by atoms with Gasteiger partial charge < -0.3 is 8.98 Å². The van der Waals surface area contributed by atoms with Crippen LogP contribution in [0.25, 0.3) is 103 Å². The zero-order chi connectivity index (χ0) is 33.5. The second-order valence-electron chi connectivity index (χ2n) is 13.1. The maximum Gasteiger partial charge on any atom is 0.146 e. The summed E-state index contributed by atoms with van der Waals surface area (Å²) in [6, 6.07) is 60.3. The molecule has 0 N–H and O–H groups in total. The molecule has 0 aliphatic rings. The Hall–Kier alpha value is -6.49. The molecule has 7 aromatic carbocycles. The van der Waals surface area contributed by atoms with Gasteiger partial charge >= 0.3 is 0 Å². The van der Waals surface area contributed by atoms with Crippen LogP contribution in [0, 0.1) is 0 Å². The van der Waals surface area contributed by atoms with Gasteiger partial charge in [0.15, 0.2) is 0 Å². The van der Waals surface area contributed by atoms with Gasteiger partial charge in [0.05, 0.1) is 32.5 Å². The third-order valence-electron chi connectivity index (χ3n) is 10.2. The van der Waals surface area contributed by atoms with E-state index in [4.69, 9.17) is 9.40 Å². The van der Waals surface area contributed by atoms with E-state index in [-0.39, 0.29) is 0 Å². The number of fused-ring (bicyclic) bond motifs is 12. The summed E-state index contributed by atoms with van der Waals surface area (Å²) in [5.41, 5.74) is 11.7. The maximum atomic E-state index is 6.81. The fraction of sp³-hybridized carbons (Fsp3) is 0. The summed E-state index contributed by atoms with van der Waals surface area (Å²) in [7, 11) is 0. The lowest BCUT2D eigenvalue weighted by Gasteiger charge is -2.12. The van der Waals surface area contributed by atoms with E-state index in [0.717, 1.165) is 66.8 Å². The Morgan fingerprint density at radius 1 is 0.471 bits per heavy atom. The van der Waals surface area contributed by atoms with Crippen LogP contribution in [0.15, 0.2) is 174 Å². The van der Waals surface area contributed by atoms with Gasteiger partial charge in [0, 0.05) is 48.4 Å². The summed E-state index contributed by atoms with van der Waals surface area (Å²) in [6.45, 7) is 0. The van der Waals surface area contributed by atoms with Crippen LogP contribution < -0.4 is 0 Å². The van der Waals surface area contributed by atoms with E-state index in [1.807, 2.05) is 23.5 Å². The highest BCUT2D eigenvalue weighted by molar-refractivity contribution is 7.27. The van der Waals surface area contributed by atoms with Crippen LogP contribution in [0.1, 0.15) is 0 Å². The normalized spacial score (nSPS) is 11.9. The van der Waals surface area contributed by atoms with Gasteiger partial charge in [-0.3, -0.25) is 0 Å². The molecule has 238 valence electrons. The molecule has 0 unspecified atom stereocenters. The minimum atomic E-state index is 0.917. The highest BCUT2D eigenvalue weighted by Gasteiger charge is 2.25. The highest BCUT2D eigenvalue weighted by atomic mass is 32.1. The second kappa shape index (κ2) is 11.0. The van der Waals surface area contributed by atoms with Gasteiger partial charge in [-0.25, -0.2) is 4.98 Å². The number of rotatable bonds is 4. The molecule has 0 aliphatic heterocycles. The van der Waals surface area contributed by atoms with Crippen molar-refractivity contribution in [3.05, 3.63) is 170 Å². The molecule has 0 bridgehead atoms. The van der Waals surface area contributed by atoms with Crippen LogP contribution in [-0.2, 0) is 0 Å². The van der Waals surface area contributed by atoms with E-state index in [0.29, 0.717) is 0 Å². The average Bonchev–Trinajstić information content (AvgIpc) is 3.88. The van der Waals surface area contributed by atoms with E-state index in [9.17, 15) is 0 Å². The monoisotopic (exact) mass is 668 g/mol. The Bertz CT molecular complexity index is 3060. The van der Waals surface area contributed by atoms with E-state index < -0.39 is 0 Å². The molecule has 4 heterocycles. The van der Waals surface area contributed by atoms with Gasteiger partial charge in [-0.1, -0.05) is 127 Å². The molecule has 11 rings (SSSR count). The van der Waals surface area contributed by atoms with Crippen LogP contribution in [0.2, 0.25) is 0 Å². The molecule has 4 aromatic heterocycles. The van der Waals surface area contributed by atoms with Crippen LogP contribution in [-0.4, -0.2) is 9.55 Å². The largest absolute Gasteiger partial charge is 0.455 e. The van der Waals surface area contributed by atoms with Gasteiger partial charge in [0.1, 0.15) is 11.2 Å². The smallest absolute Gasteiger partial charge is 0.146 e. The first-order valence-electron chi connectivity index (χ1n) is 17.2. The Kier molecular flexibility index (Phi) is 6.12. The summed E-state index contributed by atoms with van der Waals surface area (Å²) in [5, 5.41) is 7.24. The Morgan fingerprint density at radius 2 is 1.08 bits per heavy atom. The predicted molar refractivity (Wildman–Crippen MR) is 215 cm³/mol. The summed E-state index contributed by atoms with van der Waals surface area (Å²) < 4.78 is 11.8. The van der Waals surface area contributed by atoms with E-state index in [2.05, 4.69) is 162 Å². The summed E-state index contributed by atoms with van der Waals surface area (Å²) in [5.74, 6) is 0. The topological polar surface area (TPSA) is 31.0 Å². The van der Waals surface area contributed by atoms with Crippen molar-refractivity contribution in [2.75, 3.05) is 0 Å². The van der Waals surface area contributed by atoms with Crippen molar-refractivity contribution in [2.24, 2.45) is 0 Å². The lowest BCUT2D eigenvalue weighted by Crippen LogP contribution is -1.95. The molecule has 0 fully saturated rings. The number of furan rings is 1. The maximum absolute atomic E-state index is 6.81. The molecule has 0 saturated heterocycles. The van der Waals surface area contributed by atoms with E-state index in [1.54, 1.807) is 0 Å². The Labute approximate surface area is 297 Å². The van der Waals surface area contributed by atoms with Gasteiger partial charge in [-0.2, -0.15) is 0 Å². The van der Waals surface area contributed by atoms with Gasteiger partial charge in [0.2, 0.25) is 0 Å². The lowest BCUT2D eigenvalue weighted by atomic mass is 9.99. The van der Waals surface area contributed by atoms with Crippen molar-refractivity contribution in [3.63, 3.8) is 0 Å². The van der Waals surface area contributed by atoms with Crippen molar-refractivity contribution < 1.29 is 4.42 Å². The Morgan fingerprint density at radius 3 is 1.80 bits per heavy atom. The quantitative estimate of drug-likeness (QED) is 0.187. The number of aromatic nitrogens is 2. The molecular weight excluding hydrogens is 641 g/mol. The predicted octanol–water partition coefficient (Wildman–Crippen LogP) is 13.4. The van der Waals surface area contributed by atoms with Crippen LogP contribution >= 0.6 is 11.3 Å². The van der Waals surface area contributed by atoms with E-state index in [1.165, 1.54) is 36.5 Å². The van der Waals surface area contributed by atoms with Crippen molar-refractivity contribution in [1.29, 1.82) is 0 Å².